The first-order valence-electron chi connectivity index (χ1n) is 5.39. The van der Waals surface area contributed by atoms with Crippen LogP contribution in [0.25, 0.3) is 0 Å². The van der Waals surface area contributed by atoms with E-state index >= 15 is 0 Å². The van der Waals surface area contributed by atoms with Crippen LogP contribution in [-0.2, 0) is 0 Å². The van der Waals surface area contributed by atoms with Crippen molar-refractivity contribution in [1.29, 1.82) is 0 Å². The van der Waals surface area contributed by atoms with Crippen LogP contribution in [0.2, 0.25) is 0 Å². The standard InChI is InChI=1S/C14H12FIO2/c1-18-13-7-6-9(8-11(13)15)14(17)10-4-2-3-5-12(10)16/h2-8,14,17H,1H3. The Bertz CT molecular complexity index is 557. The molecule has 0 spiro atoms. The lowest BCUT2D eigenvalue weighted by Gasteiger charge is -2.14. The molecule has 2 aromatic rings. The first kappa shape index (κ1) is 13.3. The molecular formula is C14H12FIO2. The molecule has 0 bridgehead atoms. The monoisotopic (exact) mass is 358 g/mol. The van der Waals surface area contributed by atoms with Crippen molar-refractivity contribution >= 4 is 22.6 Å². The third-order valence-corrected chi connectivity index (χ3v) is 3.67. The van der Waals surface area contributed by atoms with Gasteiger partial charge >= 0.3 is 0 Å². The van der Waals surface area contributed by atoms with Gasteiger partial charge in [-0.1, -0.05) is 24.3 Å². The first-order chi connectivity index (χ1) is 8.63. The molecule has 0 aliphatic heterocycles. The molecular weight excluding hydrogens is 346 g/mol. The molecule has 1 unspecified atom stereocenters. The highest BCUT2D eigenvalue weighted by molar-refractivity contribution is 14.1. The van der Waals surface area contributed by atoms with Crippen LogP contribution in [0.1, 0.15) is 17.2 Å². The van der Waals surface area contributed by atoms with Gasteiger partial charge in [0.05, 0.1) is 7.11 Å². The molecule has 0 saturated heterocycles. The van der Waals surface area contributed by atoms with Crippen LogP contribution in [-0.4, -0.2) is 12.2 Å². The largest absolute Gasteiger partial charge is 0.494 e. The second-order valence-corrected chi connectivity index (χ2v) is 4.98. The summed E-state index contributed by atoms with van der Waals surface area (Å²) < 4.78 is 19.4. The van der Waals surface area contributed by atoms with Gasteiger partial charge in [-0.15, -0.1) is 0 Å². The van der Waals surface area contributed by atoms with Crippen molar-refractivity contribution in [2.24, 2.45) is 0 Å². The van der Waals surface area contributed by atoms with E-state index in [1.54, 1.807) is 6.07 Å². The Balaban J connectivity index is 2.37. The van der Waals surface area contributed by atoms with Crippen molar-refractivity contribution in [2.45, 2.75) is 6.10 Å². The maximum Gasteiger partial charge on any atom is 0.165 e. The van der Waals surface area contributed by atoms with Gasteiger partial charge in [0.15, 0.2) is 11.6 Å². The van der Waals surface area contributed by atoms with E-state index in [1.165, 1.54) is 19.2 Å². The van der Waals surface area contributed by atoms with Gasteiger partial charge in [0.2, 0.25) is 0 Å². The minimum absolute atomic E-state index is 0.175. The number of benzene rings is 2. The topological polar surface area (TPSA) is 29.5 Å². The van der Waals surface area contributed by atoms with Crippen LogP contribution in [0.15, 0.2) is 42.5 Å². The highest BCUT2D eigenvalue weighted by atomic mass is 127. The second kappa shape index (κ2) is 5.67. The number of methoxy groups -OCH3 is 1. The van der Waals surface area contributed by atoms with Gasteiger partial charge in [0.1, 0.15) is 6.10 Å². The molecule has 0 aliphatic carbocycles. The van der Waals surface area contributed by atoms with E-state index in [1.807, 2.05) is 24.3 Å². The predicted molar refractivity (Wildman–Crippen MR) is 76.2 cm³/mol. The molecule has 2 aromatic carbocycles. The molecule has 0 aliphatic rings. The third kappa shape index (κ3) is 2.64. The van der Waals surface area contributed by atoms with Crippen LogP contribution in [0.5, 0.6) is 5.75 Å². The Morgan fingerprint density at radius 3 is 2.56 bits per heavy atom. The molecule has 1 atom stereocenters. The van der Waals surface area contributed by atoms with E-state index in [9.17, 15) is 9.50 Å². The van der Waals surface area contributed by atoms with E-state index in [-0.39, 0.29) is 5.75 Å². The molecule has 94 valence electrons. The lowest BCUT2D eigenvalue weighted by atomic mass is 10.0. The first-order valence-corrected chi connectivity index (χ1v) is 6.47. The number of rotatable bonds is 3. The summed E-state index contributed by atoms with van der Waals surface area (Å²) in [7, 11) is 1.41. The Morgan fingerprint density at radius 2 is 1.94 bits per heavy atom. The smallest absolute Gasteiger partial charge is 0.165 e. The number of hydrogen-bond acceptors (Lipinski definition) is 2. The maximum absolute atomic E-state index is 13.6. The molecule has 18 heavy (non-hydrogen) atoms. The summed E-state index contributed by atoms with van der Waals surface area (Å²) in [4.78, 5) is 0. The van der Waals surface area contributed by atoms with Gasteiger partial charge in [0.25, 0.3) is 0 Å². The van der Waals surface area contributed by atoms with Gasteiger partial charge in [-0.3, -0.25) is 0 Å². The minimum Gasteiger partial charge on any atom is -0.494 e. The number of halogens is 2. The highest BCUT2D eigenvalue weighted by Crippen LogP contribution is 2.28. The Hall–Kier alpha value is -1.14. The van der Waals surface area contributed by atoms with Gasteiger partial charge in [-0.05, 0) is 51.9 Å². The van der Waals surface area contributed by atoms with Crippen molar-refractivity contribution in [3.8, 4) is 5.75 Å². The molecule has 0 radical (unpaired) electrons. The van der Waals surface area contributed by atoms with Crippen LogP contribution >= 0.6 is 22.6 Å². The second-order valence-electron chi connectivity index (χ2n) is 3.82. The summed E-state index contributed by atoms with van der Waals surface area (Å²) in [6.07, 6.45) is -0.835. The van der Waals surface area contributed by atoms with Crippen molar-refractivity contribution < 1.29 is 14.2 Å². The lowest BCUT2D eigenvalue weighted by molar-refractivity contribution is 0.218. The summed E-state index contributed by atoms with van der Waals surface area (Å²) in [5, 5.41) is 10.2. The Kier molecular flexibility index (Phi) is 4.19. The summed E-state index contributed by atoms with van der Waals surface area (Å²) in [6, 6.07) is 12.0. The van der Waals surface area contributed by atoms with E-state index in [4.69, 9.17) is 4.74 Å². The Labute approximate surface area is 119 Å². The molecule has 2 rings (SSSR count). The number of ether oxygens (including phenoxy) is 1. The summed E-state index contributed by atoms with van der Waals surface area (Å²) in [5.74, 6) is -0.298. The molecule has 0 aromatic heterocycles. The van der Waals surface area contributed by atoms with Gasteiger partial charge in [-0.2, -0.15) is 0 Å². The zero-order valence-electron chi connectivity index (χ0n) is 9.73. The van der Waals surface area contributed by atoms with E-state index < -0.39 is 11.9 Å². The molecule has 4 heteroatoms. The fourth-order valence-corrected chi connectivity index (χ4v) is 2.41. The highest BCUT2D eigenvalue weighted by Gasteiger charge is 2.15. The van der Waals surface area contributed by atoms with E-state index in [0.29, 0.717) is 5.56 Å². The normalized spacial score (nSPS) is 12.2. The van der Waals surface area contributed by atoms with Gasteiger partial charge < -0.3 is 9.84 Å². The average molecular weight is 358 g/mol. The molecule has 2 nitrogen and oxygen atoms in total. The number of aliphatic hydroxyl groups is 1. The third-order valence-electron chi connectivity index (χ3n) is 2.69. The Morgan fingerprint density at radius 1 is 1.22 bits per heavy atom. The van der Waals surface area contributed by atoms with Crippen molar-refractivity contribution in [2.75, 3.05) is 7.11 Å². The SMILES string of the molecule is COc1ccc(C(O)c2ccccc2I)cc1F. The fourth-order valence-electron chi connectivity index (χ4n) is 1.73. The fraction of sp³-hybridized carbons (Fsp3) is 0.143. The number of hydrogen-bond donors (Lipinski definition) is 1. The summed E-state index contributed by atoms with van der Waals surface area (Å²) >= 11 is 2.15. The quantitative estimate of drug-likeness (QED) is 0.851. The van der Waals surface area contributed by atoms with Gasteiger partial charge in [-0.25, -0.2) is 4.39 Å². The van der Waals surface area contributed by atoms with Crippen LogP contribution in [0.4, 0.5) is 4.39 Å². The molecule has 0 amide bonds. The van der Waals surface area contributed by atoms with Crippen LogP contribution < -0.4 is 4.74 Å². The summed E-state index contributed by atoms with van der Waals surface area (Å²) in [5.41, 5.74) is 1.28. The average Bonchev–Trinajstić information content (AvgIpc) is 2.38. The van der Waals surface area contributed by atoms with Gasteiger partial charge in [0, 0.05) is 3.57 Å². The molecule has 0 heterocycles. The lowest BCUT2D eigenvalue weighted by Crippen LogP contribution is -2.02. The van der Waals surface area contributed by atoms with Crippen molar-refractivity contribution in [3.63, 3.8) is 0 Å². The van der Waals surface area contributed by atoms with Crippen LogP contribution in [0.3, 0.4) is 0 Å². The molecule has 1 N–H and O–H groups in total. The zero-order chi connectivity index (χ0) is 13.1. The minimum atomic E-state index is -0.835. The van der Waals surface area contributed by atoms with E-state index in [0.717, 1.165) is 9.13 Å². The predicted octanol–water partition coefficient (Wildman–Crippen LogP) is 3.52. The van der Waals surface area contributed by atoms with Crippen molar-refractivity contribution in [1.82, 2.24) is 0 Å². The molecule has 0 saturated carbocycles. The van der Waals surface area contributed by atoms with E-state index in [2.05, 4.69) is 22.6 Å². The molecule has 0 fully saturated rings. The summed E-state index contributed by atoms with van der Waals surface area (Å²) in [6.45, 7) is 0. The van der Waals surface area contributed by atoms with Crippen molar-refractivity contribution in [3.05, 3.63) is 63.0 Å². The van der Waals surface area contributed by atoms with Crippen LogP contribution in [0, 0.1) is 9.39 Å². The number of aliphatic hydroxyl groups excluding tert-OH is 1. The zero-order valence-corrected chi connectivity index (χ0v) is 11.9. The maximum atomic E-state index is 13.6.